The van der Waals surface area contributed by atoms with Crippen molar-refractivity contribution in [2.75, 3.05) is 31.2 Å². The van der Waals surface area contributed by atoms with E-state index in [1.54, 1.807) is 0 Å². The molecular weight excluding hydrogens is 204 g/mol. The van der Waals surface area contributed by atoms with E-state index in [9.17, 15) is 0 Å². The molecule has 1 aliphatic heterocycles. The normalized spacial score (nSPS) is 16.9. The minimum absolute atomic E-state index is 0.764. The van der Waals surface area contributed by atoms with Crippen molar-refractivity contribution < 1.29 is 9.26 Å². The highest BCUT2D eigenvalue weighted by Crippen LogP contribution is 2.28. The maximum absolute atomic E-state index is 5.40. The molecular formula is C12H14N2O2. The second kappa shape index (κ2) is 3.79. The van der Waals surface area contributed by atoms with Crippen molar-refractivity contribution in [3.63, 3.8) is 0 Å². The fourth-order valence-electron chi connectivity index (χ4n) is 2.09. The Labute approximate surface area is 93.8 Å². The molecule has 0 bridgehead atoms. The average Bonchev–Trinajstić information content (AvgIpc) is 2.75. The molecule has 2 heterocycles. The van der Waals surface area contributed by atoms with Crippen molar-refractivity contribution in [2.45, 2.75) is 6.92 Å². The van der Waals surface area contributed by atoms with Crippen LogP contribution in [0.4, 0.5) is 5.82 Å². The Hall–Kier alpha value is -1.55. The van der Waals surface area contributed by atoms with Gasteiger partial charge in [0.15, 0.2) is 11.4 Å². The zero-order valence-corrected chi connectivity index (χ0v) is 9.27. The lowest BCUT2D eigenvalue weighted by atomic mass is 10.1. The molecule has 0 atom stereocenters. The summed E-state index contributed by atoms with van der Waals surface area (Å²) in [4.78, 5) is 2.22. The highest BCUT2D eigenvalue weighted by molar-refractivity contribution is 5.90. The first kappa shape index (κ1) is 9.66. The van der Waals surface area contributed by atoms with Gasteiger partial charge in [0.1, 0.15) is 0 Å². The molecule has 4 heteroatoms. The molecule has 1 aliphatic rings. The van der Waals surface area contributed by atoms with Crippen LogP contribution in [0, 0.1) is 6.92 Å². The Morgan fingerprint density at radius 3 is 2.88 bits per heavy atom. The van der Waals surface area contributed by atoms with Gasteiger partial charge in [-0.2, -0.15) is 0 Å². The average molecular weight is 218 g/mol. The van der Waals surface area contributed by atoms with Gasteiger partial charge in [-0.1, -0.05) is 17.3 Å². The Morgan fingerprint density at radius 2 is 2.06 bits per heavy atom. The molecule has 2 aromatic rings. The lowest BCUT2D eigenvalue weighted by Crippen LogP contribution is -2.36. The summed E-state index contributed by atoms with van der Waals surface area (Å²) in [5, 5.41) is 5.27. The smallest absolute Gasteiger partial charge is 0.180 e. The van der Waals surface area contributed by atoms with Crippen LogP contribution in [0.15, 0.2) is 22.7 Å². The predicted octanol–water partition coefficient (Wildman–Crippen LogP) is 1.97. The third-order valence-corrected chi connectivity index (χ3v) is 2.99. The van der Waals surface area contributed by atoms with Crippen molar-refractivity contribution in [2.24, 2.45) is 0 Å². The Balaban J connectivity index is 2.06. The van der Waals surface area contributed by atoms with Crippen LogP contribution in [0.1, 0.15) is 5.56 Å². The number of hydrogen-bond acceptors (Lipinski definition) is 4. The van der Waals surface area contributed by atoms with E-state index >= 15 is 0 Å². The minimum atomic E-state index is 0.764. The zero-order chi connectivity index (χ0) is 11.0. The van der Waals surface area contributed by atoms with Gasteiger partial charge < -0.3 is 14.2 Å². The summed E-state index contributed by atoms with van der Waals surface area (Å²) in [6.07, 6.45) is 0. The molecule has 3 rings (SSSR count). The van der Waals surface area contributed by atoms with Crippen LogP contribution in [0.2, 0.25) is 0 Å². The maximum Gasteiger partial charge on any atom is 0.180 e. The summed E-state index contributed by atoms with van der Waals surface area (Å²) >= 11 is 0. The van der Waals surface area contributed by atoms with Crippen LogP contribution in [0.3, 0.4) is 0 Å². The van der Waals surface area contributed by atoms with Gasteiger partial charge in [-0.25, -0.2) is 0 Å². The molecule has 84 valence electrons. The number of fused-ring (bicyclic) bond motifs is 1. The largest absolute Gasteiger partial charge is 0.378 e. The van der Waals surface area contributed by atoms with Crippen molar-refractivity contribution in [1.82, 2.24) is 5.16 Å². The predicted molar refractivity (Wildman–Crippen MR) is 61.8 cm³/mol. The topological polar surface area (TPSA) is 38.5 Å². The molecule has 1 aromatic carbocycles. The van der Waals surface area contributed by atoms with Gasteiger partial charge in [0.2, 0.25) is 0 Å². The Morgan fingerprint density at radius 1 is 1.25 bits per heavy atom. The summed E-state index contributed by atoms with van der Waals surface area (Å²) in [6.45, 7) is 5.34. The molecule has 0 unspecified atom stereocenters. The van der Waals surface area contributed by atoms with Gasteiger partial charge in [0.05, 0.1) is 18.6 Å². The van der Waals surface area contributed by atoms with Gasteiger partial charge in [-0.05, 0) is 18.6 Å². The van der Waals surface area contributed by atoms with Crippen LogP contribution in [-0.2, 0) is 4.74 Å². The van der Waals surface area contributed by atoms with E-state index in [0.717, 1.165) is 48.7 Å². The molecule has 1 saturated heterocycles. The molecule has 4 nitrogen and oxygen atoms in total. The second-order valence-electron chi connectivity index (χ2n) is 4.06. The van der Waals surface area contributed by atoms with E-state index in [0.29, 0.717) is 0 Å². The van der Waals surface area contributed by atoms with Gasteiger partial charge in [0, 0.05) is 13.1 Å². The zero-order valence-electron chi connectivity index (χ0n) is 9.27. The van der Waals surface area contributed by atoms with E-state index in [4.69, 9.17) is 9.26 Å². The monoisotopic (exact) mass is 218 g/mol. The molecule has 0 spiro atoms. The molecule has 16 heavy (non-hydrogen) atoms. The molecule has 0 radical (unpaired) electrons. The van der Waals surface area contributed by atoms with Crippen LogP contribution in [0.25, 0.3) is 11.0 Å². The molecule has 0 saturated carbocycles. The molecule has 1 aromatic heterocycles. The summed E-state index contributed by atoms with van der Waals surface area (Å²) < 4.78 is 10.7. The number of para-hydroxylation sites is 1. The third kappa shape index (κ3) is 1.46. The molecule has 0 N–H and O–H groups in total. The highest BCUT2D eigenvalue weighted by Gasteiger charge is 2.18. The van der Waals surface area contributed by atoms with Gasteiger partial charge in [-0.15, -0.1) is 0 Å². The summed E-state index contributed by atoms with van der Waals surface area (Å²) in [7, 11) is 0. The van der Waals surface area contributed by atoms with Crippen molar-refractivity contribution >= 4 is 16.8 Å². The molecule has 1 fully saturated rings. The number of nitrogens with zero attached hydrogens (tertiary/aromatic N) is 2. The number of aromatic nitrogens is 1. The van der Waals surface area contributed by atoms with Crippen LogP contribution >= 0.6 is 0 Å². The van der Waals surface area contributed by atoms with Crippen molar-refractivity contribution in [3.8, 4) is 0 Å². The van der Waals surface area contributed by atoms with Gasteiger partial charge in [0.25, 0.3) is 0 Å². The first-order chi connectivity index (χ1) is 7.86. The Kier molecular flexibility index (Phi) is 2.29. The number of rotatable bonds is 1. The first-order valence-corrected chi connectivity index (χ1v) is 5.54. The lowest BCUT2D eigenvalue weighted by Gasteiger charge is -2.26. The Bertz CT molecular complexity index is 501. The van der Waals surface area contributed by atoms with Crippen molar-refractivity contribution in [3.05, 3.63) is 23.8 Å². The minimum Gasteiger partial charge on any atom is -0.378 e. The number of ether oxygens (including phenoxy) is 1. The number of morpholine rings is 1. The van der Waals surface area contributed by atoms with E-state index in [2.05, 4.69) is 16.1 Å². The van der Waals surface area contributed by atoms with Crippen LogP contribution in [-0.4, -0.2) is 31.5 Å². The quantitative estimate of drug-likeness (QED) is 0.733. The summed E-state index contributed by atoms with van der Waals surface area (Å²) in [6, 6.07) is 6.14. The van der Waals surface area contributed by atoms with E-state index in [-0.39, 0.29) is 0 Å². The fraction of sp³-hybridized carbons (Fsp3) is 0.417. The van der Waals surface area contributed by atoms with Crippen molar-refractivity contribution in [1.29, 1.82) is 0 Å². The van der Waals surface area contributed by atoms with Gasteiger partial charge in [-0.3, -0.25) is 0 Å². The van der Waals surface area contributed by atoms with Gasteiger partial charge >= 0.3 is 0 Å². The molecule has 0 aliphatic carbocycles. The highest BCUT2D eigenvalue weighted by atomic mass is 16.5. The van der Waals surface area contributed by atoms with Crippen LogP contribution in [0.5, 0.6) is 0 Å². The maximum atomic E-state index is 5.40. The van der Waals surface area contributed by atoms with E-state index < -0.39 is 0 Å². The number of aryl methyl sites for hydroxylation is 1. The SMILES string of the molecule is Cc1cccc2c(N3CCOCC3)noc12. The number of benzene rings is 1. The number of hydrogen-bond donors (Lipinski definition) is 0. The lowest BCUT2D eigenvalue weighted by molar-refractivity contribution is 0.122. The first-order valence-electron chi connectivity index (χ1n) is 5.54. The summed E-state index contributed by atoms with van der Waals surface area (Å²) in [5.74, 6) is 0.946. The van der Waals surface area contributed by atoms with E-state index in [1.165, 1.54) is 0 Å². The second-order valence-corrected chi connectivity index (χ2v) is 4.06. The number of anilines is 1. The third-order valence-electron chi connectivity index (χ3n) is 2.99. The summed E-state index contributed by atoms with van der Waals surface area (Å²) in [5.41, 5.74) is 2.02. The van der Waals surface area contributed by atoms with E-state index in [1.807, 2.05) is 19.1 Å². The fourth-order valence-corrected chi connectivity index (χ4v) is 2.09. The molecule has 0 amide bonds. The standard InChI is InChI=1S/C12H14N2O2/c1-9-3-2-4-10-11(9)16-13-12(10)14-5-7-15-8-6-14/h2-4H,5-8H2,1H3. The van der Waals surface area contributed by atoms with Crippen LogP contribution < -0.4 is 4.90 Å².